The van der Waals surface area contributed by atoms with E-state index in [0.29, 0.717) is 11.3 Å². The molecule has 1 aromatic carbocycles. The van der Waals surface area contributed by atoms with E-state index in [1.165, 1.54) is 18.3 Å². The lowest BCUT2D eigenvalue weighted by atomic mass is 10.1. The summed E-state index contributed by atoms with van der Waals surface area (Å²) in [5, 5.41) is 13.5. The summed E-state index contributed by atoms with van der Waals surface area (Å²) >= 11 is 0. The summed E-state index contributed by atoms with van der Waals surface area (Å²) in [7, 11) is -3.28. The van der Waals surface area contributed by atoms with Gasteiger partial charge in [0.1, 0.15) is 11.3 Å². The van der Waals surface area contributed by atoms with Gasteiger partial charge in [-0.05, 0) is 26.0 Å². The second kappa shape index (κ2) is 5.33. The zero-order valence-corrected chi connectivity index (χ0v) is 12.8. The molecule has 1 aromatic heterocycles. The first-order valence-corrected chi connectivity index (χ1v) is 8.22. The van der Waals surface area contributed by atoms with Crippen LogP contribution in [0.5, 0.6) is 0 Å². The van der Waals surface area contributed by atoms with Crippen LogP contribution < -0.4 is 0 Å². The summed E-state index contributed by atoms with van der Waals surface area (Å²) in [6.45, 7) is 3.80. The smallest absolute Gasteiger partial charge is 0.339 e. The van der Waals surface area contributed by atoms with Gasteiger partial charge in [0.05, 0.1) is 4.90 Å². The topological polar surface area (TPSA) is 89.3 Å². The van der Waals surface area contributed by atoms with Crippen molar-refractivity contribution in [1.82, 2.24) is 9.78 Å². The van der Waals surface area contributed by atoms with Crippen LogP contribution in [0.15, 0.2) is 35.4 Å². The minimum Gasteiger partial charge on any atom is -0.478 e. The van der Waals surface area contributed by atoms with Crippen molar-refractivity contribution >= 4 is 15.8 Å². The molecule has 0 saturated heterocycles. The van der Waals surface area contributed by atoms with Crippen molar-refractivity contribution in [3.63, 3.8) is 0 Å². The lowest BCUT2D eigenvalue weighted by Crippen LogP contribution is -2.01. The normalized spacial score (nSPS) is 11.8. The first-order chi connectivity index (χ1) is 9.70. The number of carboxylic acids is 1. The molecule has 2 aromatic rings. The van der Waals surface area contributed by atoms with Crippen molar-refractivity contribution in [1.29, 1.82) is 0 Å². The first-order valence-electron chi connectivity index (χ1n) is 6.33. The largest absolute Gasteiger partial charge is 0.478 e. The number of hydrogen-bond donors (Lipinski definition) is 1. The molecule has 1 heterocycles. The number of carbonyl (C=O) groups is 1. The number of benzene rings is 1. The van der Waals surface area contributed by atoms with E-state index in [4.69, 9.17) is 0 Å². The van der Waals surface area contributed by atoms with Crippen LogP contribution >= 0.6 is 0 Å². The van der Waals surface area contributed by atoms with Crippen LogP contribution in [-0.2, 0) is 9.84 Å². The monoisotopic (exact) mass is 308 g/mol. The van der Waals surface area contributed by atoms with Gasteiger partial charge in [0.15, 0.2) is 9.84 Å². The molecular weight excluding hydrogens is 292 g/mol. The van der Waals surface area contributed by atoms with Crippen LogP contribution in [-0.4, -0.2) is 35.5 Å². The first kappa shape index (κ1) is 15.2. The summed E-state index contributed by atoms with van der Waals surface area (Å²) in [4.78, 5) is 11.5. The third-order valence-corrected chi connectivity index (χ3v) is 4.18. The fourth-order valence-electron chi connectivity index (χ4n) is 1.89. The van der Waals surface area contributed by atoms with Gasteiger partial charge in [-0.25, -0.2) is 13.2 Å². The van der Waals surface area contributed by atoms with E-state index in [0.717, 1.165) is 6.26 Å². The van der Waals surface area contributed by atoms with Gasteiger partial charge in [0.25, 0.3) is 0 Å². The quantitative estimate of drug-likeness (QED) is 0.935. The fourth-order valence-corrected chi connectivity index (χ4v) is 2.52. The van der Waals surface area contributed by atoms with Gasteiger partial charge in [-0.1, -0.05) is 12.1 Å². The van der Waals surface area contributed by atoms with Crippen molar-refractivity contribution in [3.05, 3.63) is 36.0 Å². The maximum absolute atomic E-state index is 11.4. The third kappa shape index (κ3) is 3.13. The summed E-state index contributed by atoms with van der Waals surface area (Å²) in [5.41, 5.74) is 0.992. The molecular formula is C14H16N2O4S. The predicted molar refractivity (Wildman–Crippen MR) is 78.1 cm³/mol. The molecule has 0 unspecified atom stereocenters. The highest BCUT2D eigenvalue weighted by atomic mass is 32.2. The molecule has 1 N–H and O–H groups in total. The average Bonchev–Trinajstić information content (AvgIpc) is 2.83. The molecule has 112 valence electrons. The Bertz CT molecular complexity index is 774. The number of hydrogen-bond acceptors (Lipinski definition) is 4. The Hall–Kier alpha value is -2.15. The highest BCUT2D eigenvalue weighted by Crippen LogP contribution is 2.25. The van der Waals surface area contributed by atoms with Gasteiger partial charge in [0.2, 0.25) is 0 Å². The highest BCUT2D eigenvalue weighted by molar-refractivity contribution is 7.90. The number of aromatic carboxylic acids is 1. The Kier molecular flexibility index (Phi) is 3.87. The molecule has 0 aliphatic rings. The number of nitrogens with zero attached hydrogens (tertiary/aromatic N) is 2. The molecule has 0 aliphatic carbocycles. The second-order valence-corrected chi connectivity index (χ2v) is 7.08. The van der Waals surface area contributed by atoms with E-state index in [-0.39, 0.29) is 16.5 Å². The van der Waals surface area contributed by atoms with Crippen LogP contribution in [0.2, 0.25) is 0 Å². The molecule has 6 nitrogen and oxygen atoms in total. The van der Waals surface area contributed by atoms with E-state index in [2.05, 4.69) is 5.10 Å². The zero-order chi connectivity index (χ0) is 15.8. The van der Waals surface area contributed by atoms with Gasteiger partial charge in [-0.15, -0.1) is 0 Å². The Morgan fingerprint density at radius 3 is 2.24 bits per heavy atom. The van der Waals surface area contributed by atoms with Gasteiger partial charge >= 0.3 is 5.97 Å². The standard InChI is InChI=1S/C14H16N2O4S/c1-9(2)16-8-12(14(17)18)13(15-16)10-4-6-11(7-5-10)21(3,19)20/h4-9H,1-3H3,(H,17,18). The van der Waals surface area contributed by atoms with Crippen LogP contribution in [0, 0.1) is 0 Å². The summed E-state index contributed by atoms with van der Waals surface area (Å²) in [6.07, 6.45) is 2.60. The predicted octanol–water partition coefficient (Wildman–Crippen LogP) is 2.23. The lowest BCUT2D eigenvalue weighted by Gasteiger charge is -2.04. The average molecular weight is 308 g/mol. The molecule has 0 fully saturated rings. The molecule has 21 heavy (non-hydrogen) atoms. The molecule has 0 amide bonds. The van der Waals surface area contributed by atoms with E-state index in [9.17, 15) is 18.3 Å². The van der Waals surface area contributed by atoms with E-state index in [1.54, 1.807) is 16.8 Å². The highest BCUT2D eigenvalue weighted by Gasteiger charge is 2.18. The van der Waals surface area contributed by atoms with Crippen LogP contribution in [0.4, 0.5) is 0 Å². The molecule has 0 saturated carbocycles. The van der Waals surface area contributed by atoms with Crippen molar-refractivity contribution in [3.8, 4) is 11.3 Å². The zero-order valence-electron chi connectivity index (χ0n) is 11.9. The summed E-state index contributed by atoms with van der Waals surface area (Å²) in [6, 6.07) is 6.06. The van der Waals surface area contributed by atoms with E-state index < -0.39 is 15.8 Å². The Morgan fingerprint density at radius 2 is 1.81 bits per heavy atom. The minimum atomic E-state index is -3.28. The SMILES string of the molecule is CC(C)n1cc(C(=O)O)c(-c2ccc(S(C)(=O)=O)cc2)n1. The third-order valence-electron chi connectivity index (χ3n) is 3.05. The molecule has 0 bridgehead atoms. The number of rotatable bonds is 4. The lowest BCUT2D eigenvalue weighted by molar-refractivity contribution is 0.0697. The van der Waals surface area contributed by atoms with Gasteiger partial charge in [-0.3, -0.25) is 4.68 Å². The summed E-state index contributed by atoms with van der Waals surface area (Å²) in [5.74, 6) is -1.07. The maximum atomic E-state index is 11.4. The van der Waals surface area contributed by atoms with Crippen molar-refractivity contribution < 1.29 is 18.3 Å². The number of aromatic nitrogens is 2. The molecule has 7 heteroatoms. The summed E-state index contributed by atoms with van der Waals surface area (Å²) < 4.78 is 24.4. The second-order valence-electron chi connectivity index (χ2n) is 5.07. The molecule has 0 spiro atoms. The fraction of sp³-hybridized carbons (Fsp3) is 0.286. The van der Waals surface area contributed by atoms with Crippen LogP contribution in [0.3, 0.4) is 0 Å². The van der Waals surface area contributed by atoms with Crippen LogP contribution in [0.1, 0.15) is 30.2 Å². The Morgan fingerprint density at radius 1 is 1.24 bits per heavy atom. The van der Waals surface area contributed by atoms with Gasteiger partial charge in [-0.2, -0.15) is 5.10 Å². The molecule has 2 rings (SSSR count). The maximum Gasteiger partial charge on any atom is 0.339 e. The van der Waals surface area contributed by atoms with E-state index >= 15 is 0 Å². The molecule has 0 atom stereocenters. The van der Waals surface area contributed by atoms with Crippen LogP contribution in [0.25, 0.3) is 11.3 Å². The van der Waals surface area contributed by atoms with Gasteiger partial charge in [0, 0.05) is 24.1 Å². The molecule has 0 radical (unpaired) electrons. The van der Waals surface area contributed by atoms with E-state index in [1.807, 2.05) is 13.8 Å². The Balaban J connectivity index is 2.53. The minimum absolute atomic E-state index is 0.0344. The van der Waals surface area contributed by atoms with Crippen molar-refractivity contribution in [2.24, 2.45) is 0 Å². The molecule has 0 aliphatic heterocycles. The van der Waals surface area contributed by atoms with Crippen molar-refractivity contribution in [2.75, 3.05) is 6.26 Å². The van der Waals surface area contributed by atoms with Crippen molar-refractivity contribution in [2.45, 2.75) is 24.8 Å². The Labute approximate surface area is 123 Å². The number of sulfone groups is 1. The number of carboxylic acid groups (broad SMARTS) is 1. The van der Waals surface area contributed by atoms with Gasteiger partial charge < -0.3 is 5.11 Å².